The van der Waals surface area contributed by atoms with Gasteiger partial charge in [-0.15, -0.1) is 0 Å². The lowest BCUT2D eigenvalue weighted by Crippen LogP contribution is -2.18. The largest absolute Gasteiger partial charge is 0.330 e. The molecule has 0 aliphatic heterocycles. The van der Waals surface area contributed by atoms with Gasteiger partial charge in [-0.05, 0) is 73.5 Å². The van der Waals surface area contributed by atoms with E-state index in [1.54, 1.807) is 0 Å². The molecule has 0 spiro atoms. The van der Waals surface area contributed by atoms with Crippen LogP contribution in [-0.4, -0.2) is 12.3 Å². The highest BCUT2D eigenvalue weighted by atomic mass is 79.9. The summed E-state index contributed by atoms with van der Waals surface area (Å²) in [6.07, 6.45) is 4.35. The highest BCUT2D eigenvalue weighted by Crippen LogP contribution is 2.36. The van der Waals surface area contributed by atoms with E-state index in [4.69, 9.17) is 5.73 Å². The maximum Gasteiger partial charge on any atom is 0.193 e. The van der Waals surface area contributed by atoms with Crippen molar-refractivity contribution >= 4 is 21.7 Å². The standard InChI is InChI=1S/C19H20BrNO/c20-16-9-7-15(8-10-16)19(22)17-6-2-5-13-3-1-4-14(11-12-21)18(13)17/h2,5-10,14H,1,3-4,11-12,21H2. The van der Waals surface area contributed by atoms with Crippen LogP contribution in [0.25, 0.3) is 0 Å². The Bertz CT molecular complexity index is 678. The fourth-order valence-corrected chi connectivity index (χ4v) is 3.71. The minimum Gasteiger partial charge on any atom is -0.330 e. The molecule has 3 heteroatoms. The molecule has 3 rings (SSSR count). The smallest absolute Gasteiger partial charge is 0.193 e. The number of benzene rings is 2. The molecule has 0 heterocycles. The first-order valence-corrected chi connectivity index (χ1v) is 8.62. The van der Waals surface area contributed by atoms with Gasteiger partial charge < -0.3 is 5.73 Å². The van der Waals surface area contributed by atoms with Crippen LogP contribution in [0.1, 0.15) is 52.2 Å². The summed E-state index contributed by atoms with van der Waals surface area (Å²) in [5.41, 5.74) is 9.95. The van der Waals surface area contributed by atoms with Gasteiger partial charge in [-0.3, -0.25) is 4.79 Å². The number of carbonyl (C=O) groups is 1. The van der Waals surface area contributed by atoms with E-state index in [-0.39, 0.29) is 5.78 Å². The van der Waals surface area contributed by atoms with Crippen molar-refractivity contribution in [2.45, 2.75) is 31.6 Å². The number of ketones is 1. The van der Waals surface area contributed by atoms with Crippen LogP contribution in [-0.2, 0) is 6.42 Å². The summed E-state index contributed by atoms with van der Waals surface area (Å²) in [5.74, 6) is 0.539. The maximum atomic E-state index is 12.9. The van der Waals surface area contributed by atoms with Crippen LogP contribution in [0.3, 0.4) is 0 Å². The van der Waals surface area contributed by atoms with Gasteiger partial charge in [0.25, 0.3) is 0 Å². The number of halogens is 1. The highest BCUT2D eigenvalue weighted by molar-refractivity contribution is 9.10. The van der Waals surface area contributed by atoms with Gasteiger partial charge in [-0.2, -0.15) is 0 Å². The average Bonchev–Trinajstić information content (AvgIpc) is 2.55. The lowest BCUT2D eigenvalue weighted by atomic mass is 9.77. The van der Waals surface area contributed by atoms with Gasteiger partial charge >= 0.3 is 0 Å². The monoisotopic (exact) mass is 357 g/mol. The summed E-state index contributed by atoms with van der Waals surface area (Å²) < 4.78 is 0.986. The summed E-state index contributed by atoms with van der Waals surface area (Å²) in [6, 6.07) is 13.7. The van der Waals surface area contributed by atoms with Crippen molar-refractivity contribution in [3.05, 3.63) is 69.2 Å². The van der Waals surface area contributed by atoms with Crippen molar-refractivity contribution < 1.29 is 4.79 Å². The van der Waals surface area contributed by atoms with Crippen molar-refractivity contribution in [2.75, 3.05) is 6.54 Å². The normalized spacial score (nSPS) is 17.1. The molecule has 0 amide bonds. The molecule has 0 aromatic heterocycles. The van der Waals surface area contributed by atoms with E-state index in [0.717, 1.165) is 34.9 Å². The van der Waals surface area contributed by atoms with Gasteiger partial charge in [-0.25, -0.2) is 0 Å². The van der Waals surface area contributed by atoms with Gasteiger partial charge in [0, 0.05) is 15.6 Å². The maximum absolute atomic E-state index is 12.9. The second kappa shape index (κ2) is 6.76. The average molecular weight is 358 g/mol. The summed E-state index contributed by atoms with van der Waals surface area (Å²) in [5, 5.41) is 0. The lowest BCUT2D eigenvalue weighted by molar-refractivity contribution is 0.103. The molecular formula is C19H20BrNO. The van der Waals surface area contributed by atoms with Gasteiger partial charge in [0.2, 0.25) is 0 Å². The van der Waals surface area contributed by atoms with Crippen LogP contribution in [0.4, 0.5) is 0 Å². The Morgan fingerprint density at radius 2 is 1.95 bits per heavy atom. The van der Waals surface area contributed by atoms with E-state index >= 15 is 0 Å². The van der Waals surface area contributed by atoms with Crippen LogP contribution in [0, 0.1) is 0 Å². The lowest BCUT2D eigenvalue weighted by Gasteiger charge is -2.27. The number of nitrogens with two attached hydrogens (primary N) is 1. The van der Waals surface area contributed by atoms with E-state index in [9.17, 15) is 4.79 Å². The SMILES string of the molecule is NCCC1CCCc2cccc(C(=O)c3ccc(Br)cc3)c21. The zero-order valence-corrected chi connectivity index (χ0v) is 14.1. The molecule has 2 N–H and O–H groups in total. The third-order valence-corrected chi connectivity index (χ3v) is 5.00. The van der Waals surface area contributed by atoms with E-state index in [1.165, 1.54) is 17.5 Å². The van der Waals surface area contributed by atoms with Crippen LogP contribution in [0.15, 0.2) is 46.9 Å². The van der Waals surface area contributed by atoms with E-state index in [0.29, 0.717) is 12.5 Å². The fraction of sp³-hybridized carbons (Fsp3) is 0.316. The number of hydrogen-bond acceptors (Lipinski definition) is 2. The number of rotatable bonds is 4. The van der Waals surface area contributed by atoms with Crippen LogP contribution in [0.5, 0.6) is 0 Å². The van der Waals surface area contributed by atoms with E-state index < -0.39 is 0 Å². The van der Waals surface area contributed by atoms with Crippen LogP contribution < -0.4 is 5.73 Å². The molecule has 1 aliphatic rings. The third kappa shape index (κ3) is 3.01. The Balaban J connectivity index is 2.04. The Morgan fingerprint density at radius 1 is 1.18 bits per heavy atom. The molecule has 0 fully saturated rings. The minimum atomic E-state index is 0.119. The van der Waals surface area contributed by atoms with Crippen LogP contribution in [0.2, 0.25) is 0 Å². The fourth-order valence-electron chi connectivity index (χ4n) is 3.44. The number of fused-ring (bicyclic) bond motifs is 1. The third-order valence-electron chi connectivity index (χ3n) is 4.47. The molecule has 22 heavy (non-hydrogen) atoms. The first-order valence-electron chi connectivity index (χ1n) is 7.83. The summed E-state index contributed by atoms with van der Waals surface area (Å²) in [4.78, 5) is 12.9. The minimum absolute atomic E-state index is 0.119. The summed E-state index contributed by atoms with van der Waals surface area (Å²) in [7, 11) is 0. The zero-order valence-electron chi connectivity index (χ0n) is 12.5. The Morgan fingerprint density at radius 3 is 2.68 bits per heavy atom. The first-order chi connectivity index (χ1) is 10.7. The number of aryl methyl sites for hydroxylation is 1. The van der Waals surface area contributed by atoms with Crippen molar-refractivity contribution in [3.63, 3.8) is 0 Å². The Hall–Kier alpha value is -1.45. The zero-order chi connectivity index (χ0) is 15.5. The highest BCUT2D eigenvalue weighted by Gasteiger charge is 2.25. The second-order valence-corrected chi connectivity index (χ2v) is 6.80. The van der Waals surface area contributed by atoms with E-state index in [1.807, 2.05) is 36.4 Å². The van der Waals surface area contributed by atoms with Gasteiger partial charge in [0.1, 0.15) is 0 Å². The molecule has 0 saturated heterocycles. The van der Waals surface area contributed by atoms with Gasteiger partial charge in [-0.1, -0.05) is 34.1 Å². The number of carbonyl (C=O) groups excluding carboxylic acids is 1. The molecule has 1 unspecified atom stereocenters. The predicted molar refractivity (Wildman–Crippen MR) is 93.4 cm³/mol. The summed E-state index contributed by atoms with van der Waals surface area (Å²) >= 11 is 3.42. The molecule has 0 radical (unpaired) electrons. The Kier molecular flexibility index (Phi) is 4.74. The second-order valence-electron chi connectivity index (χ2n) is 5.88. The van der Waals surface area contributed by atoms with Gasteiger partial charge in [0.05, 0.1) is 0 Å². The Labute approximate surface area is 139 Å². The van der Waals surface area contributed by atoms with Crippen molar-refractivity contribution in [2.24, 2.45) is 5.73 Å². The van der Waals surface area contributed by atoms with Crippen molar-refractivity contribution in [3.8, 4) is 0 Å². The topological polar surface area (TPSA) is 43.1 Å². The molecule has 0 bridgehead atoms. The molecule has 2 nitrogen and oxygen atoms in total. The molecule has 1 atom stereocenters. The molecular weight excluding hydrogens is 338 g/mol. The summed E-state index contributed by atoms with van der Waals surface area (Å²) in [6.45, 7) is 0.672. The number of hydrogen-bond donors (Lipinski definition) is 1. The quantitative estimate of drug-likeness (QED) is 0.821. The van der Waals surface area contributed by atoms with Gasteiger partial charge in [0.15, 0.2) is 5.78 Å². The molecule has 0 saturated carbocycles. The molecule has 114 valence electrons. The van der Waals surface area contributed by atoms with Crippen molar-refractivity contribution in [1.82, 2.24) is 0 Å². The van der Waals surface area contributed by atoms with E-state index in [2.05, 4.69) is 22.0 Å². The predicted octanol–water partition coefficient (Wildman–Crippen LogP) is 4.45. The van der Waals surface area contributed by atoms with Crippen molar-refractivity contribution in [1.29, 1.82) is 0 Å². The molecule has 1 aliphatic carbocycles. The first kappa shape index (κ1) is 15.4. The molecule has 2 aromatic carbocycles. The molecule has 2 aromatic rings. The van der Waals surface area contributed by atoms with Crippen LogP contribution >= 0.6 is 15.9 Å².